The van der Waals surface area contributed by atoms with E-state index in [2.05, 4.69) is 19.9 Å². The largest absolute Gasteiger partial charge is 0.377 e. The lowest BCUT2D eigenvalue weighted by atomic mass is 9.79. The number of hydrogen-bond donors (Lipinski definition) is 0. The fourth-order valence-corrected chi connectivity index (χ4v) is 3.95. The van der Waals surface area contributed by atoms with Crippen molar-refractivity contribution in [1.82, 2.24) is 15.0 Å². The second kappa shape index (κ2) is 7.78. The van der Waals surface area contributed by atoms with E-state index >= 15 is 0 Å². The monoisotopic (exact) mass is 369 g/mol. The topological polar surface area (TPSA) is 63.6 Å². The van der Waals surface area contributed by atoms with Crippen molar-refractivity contribution in [2.24, 2.45) is 5.92 Å². The van der Waals surface area contributed by atoms with Crippen molar-refractivity contribution in [3.63, 3.8) is 0 Å². The van der Waals surface area contributed by atoms with E-state index in [1.165, 1.54) is 0 Å². The van der Waals surface area contributed by atoms with Gasteiger partial charge < -0.3 is 19.3 Å². The predicted molar refractivity (Wildman–Crippen MR) is 104 cm³/mol. The van der Waals surface area contributed by atoms with Crippen LogP contribution in [0.5, 0.6) is 0 Å². The van der Waals surface area contributed by atoms with Crippen LogP contribution >= 0.6 is 0 Å². The summed E-state index contributed by atoms with van der Waals surface area (Å²) in [5.74, 6) is 2.44. The Morgan fingerprint density at radius 1 is 1.26 bits per heavy atom. The SMILES string of the molecule is CN(C)c1cc(N2CC3(C2)OCC[C@@H]3CCOCc2ccncc2)ncn1. The number of hydrogen-bond acceptors (Lipinski definition) is 7. The van der Waals surface area contributed by atoms with Gasteiger partial charge in [-0.15, -0.1) is 0 Å². The third kappa shape index (κ3) is 3.89. The summed E-state index contributed by atoms with van der Waals surface area (Å²) in [6.45, 7) is 4.03. The minimum atomic E-state index is -0.0384. The summed E-state index contributed by atoms with van der Waals surface area (Å²) in [7, 11) is 3.98. The zero-order chi connectivity index (χ0) is 18.7. The van der Waals surface area contributed by atoms with Gasteiger partial charge in [-0.3, -0.25) is 4.98 Å². The molecule has 0 unspecified atom stereocenters. The van der Waals surface area contributed by atoms with Crippen molar-refractivity contribution in [3.8, 4) is 0 Å². The third-order valence-electron chi connectivity index (χ3n) is 5.57. The van der Waals surface area contributed by atoms with Crippen LogP contribution in [0.25, 0.3) is 0 Å². The van der Waals surface area contributed by atoms with Gasteiger partial charge in [0.2, 0.25) is 0 Å². The molecule has 0 N–H and O–H groups in total. The van der Waals surface area contributed by atoms with Crippen LogP contribution in [0, 0.1) is 5.92 Å². The first-order chi connectivity index (χ1) is 13.2. The number of aromatic nitrogens is 3. The molecular weight excluding hydrogens is 342 g/mol. The third-order valence-corrected chi connectivity index (χ3v) is 5.57. The quantitative estimate of drug-likeness (QED) is 0.693. The Morgan fingerprint density at radius 2 is 2.07 bits per heavy atom. The highest BCUT2D eigenvalue weighted by molar-refractivity contribution is 5.52. The van der Waals surface area contributed by atoms with Gasteiger partial charge >= 0.3 is 0 Å². The first-order valence-electron chi connectivity index (χ1n) is 9.51. The lowest BCUT2D eigenvalue weighted by Gasteiger charge is -2.51. The molecule has 7 heteroatoms. The molecule has 27 heavy (non-hydrogen) atoms. The van der Waals surface area contributed by atoms with Crippen molar-refractivity contribution in [2.75, 3.05) is 50.2 Å². The van der Waals surface area contributed by atoms with E-state index in [0.717, 1.165) is 56.3 Å². The maximum absolute atomic E-state index is 6.17. The number of ether oxygens (including phenoxy) is 2. The van der Waals surface area contributed by atoms with Gasteiger partial charge in [0.1, 0.15) is 23.6 Å². The Kier molecular flexibility index (Phi) is 5.22. The summed E-state index contributed by atoms with van der Waals surface area (Å²) in [5, 5.41) is 0. The van der Waals surface area contributed by atoms with Gasteiger partial charge in [0.25, 0.3) is 0 Å². The highest BCUT2D eigenvalue weighted by Crippen LogP contribution is 2.43. The molecule has 0 radical (unpaired) electrons. The van der Waals surface area contributed by atoms with Crippen LogP contribution < -0.4 is 9.80 Å². The maximum Gasteiger partial charge on any atom is 0.134 e. The van der Waals surface area contributed by atoms with Gasteiger partial charge in [-0.2, -0.15) is 0 Å². The fraction of sp³-hybridized carbons (Fsp3) is 0.550. The highest BCUT2D eigenvalue weighted by Gasteiger charge is 2.53. The van der Waals surface area contributed by atoms with Crippen molar-refractivity contribution in [1.29, 1.82) is 0 Å². The second-order valence-electron chi connectivity index (χ2n) is 7.58. The molecule has 2 aliphatic rings. The predicted octanol–water partition coefficient (Wildman–Crippen LogP) is 2.14. The Bertz CT molecular complexity index is 749. The summed E-state index contributed by atoms with van der Waals surface area (Å²) in [6.07, 6.45) is 7.38. The molecule has 4 heterocycles. The molecule has 4 rings (SSSR count). The van der Waals surface area contributed by atoms with E-state index < -0.39 is 0 Å². The van der Waals surface area contributed by atoms with Crippen LogP contribution in [-0.4, -0.2) is 61.0 Å². The Morgan fingerprint density at radius 3 is 2.85 bits per heavy atom. The highest BCUT2D eigenvalue weighted by atomic mass is 16.5. The number of pyridine rings is 1. The molecule has 2 fully saturated rings. The fourth-order valence-electron chi connectivity index (χ4n) is 3.95. The zero-order valence-corrected chi connectivity index (χ0v) is 16.0. The molecule has 2 saturated heterocycles. The molecule has 0 aromatic carbocycles. The van der Waals surface area contributed by atoms with E-state index in [4.69, 9.17) is 9.47 Å². The van der Waals surface area contributed by atoms with E-state index in [9.17, 15) is 0 Å². The first-order valence-corrected chi connectivity index (χ1v) is 9.51. The first kappa shape index (κ1) is 18.1. The molecule has 1 atom stereocenters. The van der Waals surface area contributed by atoms with E-state index in [0.29, 0.717) is 12.5 Å². The number of rotatable bonds is 7. The number of anilines is 2. The lowest BCUT2D eigenvalue weighted by molar-refractivity contribution is -0.0512. The molecule has 0 bridgehead atoms. The standard InChI is InChI=1S/C20H27N5O2/c1-24(2)18-11-19(23-15-22-18)25-13-20(14-25)17(6-10-27-20)5-9-26-12-16-3-7-21-8-4-16/h3-4,7-8,11,15,17H,5-6,9-10,12-14H2,1-2H3/t17-/m0/s1. The van der Waals surface area contributed by atoms with Gasteiger partial charge in [-0.25, -0.2) is 9.97 Å². The van der Waals surface area contributed by atoms with Crippen molar-refractivity contribution in [3.05, 3.63) is 42.5 Å². The summed E-state index contributed by atoms with van der Waals surface area (Å²) >= 11 is 0. The Labute approximate surface area is 160 Å². The normalized spacial score (nSPS) is 20.7. The van der Waals surface area contributed by atoms with Gasteiger partial charge in [0.15, 0.2) is 0 Å². The van der Waals surface area contributed by atoms with E-state index in [-0.39, 0.29) is 5.60 Å². The van der Waals surface area contributed by atoms with Crippen LogP contribution in [0.2, 0.25) is 0 Å². The molecule has 0 saturated carbocycles. The van der Waals surface area contributed by atoms with E-state index in [1.54, 1.807) is 18.7 Å². The average Bonchev–Trinajstić information content (AvgIpc) is 3.09. The van der Waals surface area contributed by atoms with Crippen molar-refractivity contribution in [2.45, 2.75) is 25.0 Å². The lowest BCUT2D eigenvalue weighted by Crippen LogP contribution is -2.65. The summed E-state index contributed by atoms with van der Waals surface area (Å²) < 4.78 is 12.0. The summed E-state index contributed by atoms with van der Waals surface area (Å²) in [5.41, 5.74) is 1.13. The molecule has 0 amide bonds. The van der Waals surface area contributed by atoms with Crippen LogP contribution in [0.4, 0.5) is 11.6 Å². The Balaban J connectivity index is 1.28. The van der Waals surface area contributed by atoms with Gasteiger partial charge in [0.05, 0.1) is 19.7 Å². The van der Waals surface area contributed by atoms with Crippen molar-refractivity contribution < 1.29 is 9.47 Å². The molecule has 2 aromatic heterocycles. The van der Waals surface area contributed by atoms with Gasteiger partial charge in [-0.05, 0) is 36.5 Å². The van der Waals surface area contributed by atoms with Crippen LogP contribution in [0.15, 0.2) is 36.9 Å². The minimum absolute atomic E-state index is 0.0384. The number of nitrogens with zero attached hydrogens (tertiary/aromatic N) is 5. The van der Waals surface area contributed by atoms with Crippen LogP contribution in [0.3, 0.4) is 0 Å². The van der Waals surface area contributed by atoms with E-state index in [1.807, 2.05) is 37.2 Å². The molecular formula is C20H27N5O2. The smallest absolute Gasteiger partial charge is 0.134 e. The minimum Gasteiger partial charge on any atom is -0.377 e. The molecule has 144 valence electrons. The molecule has 1 spiro atoms. The maximum atomic E-state index is 6.17. The molecule has 0 aliphatic carbocycles. The summed E-state index contributed by atoms with van der Waals surface area (Å²) in [4.78, 5) is 17.0. The van der Waals surface area contributed by atoms with Crippen LogP contribution in [0.1, 0.15) is 18.4 Å². The summed E-state index contributed by atoms with van der Waals surface area (Å²) in [6, 6.07) is 6.02. The zero-order valence-electron chi connectivity index (χ0n) is 16.0. The average molecular weight is 369 g/mol. The molecule has 2 aliphatic heterocycles. The van der Waals surface area contributed by atoms with Crippen LogP contribution in [-0.2, 0) is 16.1 Å². The van der Waals surface area contributed by atoms with Gasteiger partial charge in [-0.1, -0.05) is 0 Å². The Hall–Kier alpha value is -2.25. The molecule has 2 aromatic rings. The van der Waals surface area contributed by atoms with Gasteiger partial charge in [0, 0.05) is 45.8 Å². The van der Waals surface area contributed by atoms with Crippen molar-refractivity contribution >= 4 is 11.6 Å². The molecule has 7 nitrogen and oxygen atoms in total. The second-order valence-corrected chi connectivity index (χ2v) is 7.58.